The molecule has 0 aliphatic carbocycles. The molecule has 12 heavy (non-hydrogen) atoms. The average molecular weight is 169 g/mol. The number of unbranched alkanes of at least 4 members (excludes halogenated alkanes) is 4. The quantitative estimate of drug-likeness (QED) is 0.441. The number of carbonyl (C=O) groups is 1. The molecule has 0 spiro atoms. The summed E-state index contributed by atoms with van der Waals surface area (Å²) in [5.41, 5.74) is 0. The molecule has 0 aromatic rings. The van der Waals surface area contributed by atoms with Gasteiger partial charge in [0.1, 0.15) is 0 Å². The zero-order valence-electron chi connectivity index (χ0n) is 8.01. The topological polar surface area (TPSA) is 20.1 Å². The molecule has 0 atom stereocenters. The van der Waals surface area contributed by atoms with Crippen LogP contribution in [0.15, 0.2) is 0 Å². The maximum absolute atomic E-state index is 11.2. The van der Waals surface area contributed by atoms with E-state index < -0.39 is 0 Å². The molecule has 0 aromatic carbocycles. The molecule has 1 amide bonds. The van der Waals surface area contributed by atoms with Crippen LogP contribution in [0.5, 0.6) is 0 Å². The average Bonchev–Trinajstić information content (AvgIpc) is 2.86. The fraction of sp³-hybridized carbons (Fsp3) is 0.900. The Bertz CT molecular complexity index is 141. The smallest absolute Gasteiger partial charge is 0.222 e. The van der Waals surface area contributed by atoms with Crippen LogP contribution < -0.4 is 0 Å². The summed E-state index contributed by atoms with van der Waals surface area (Å²) in [7, 11) is 0. The summed E-state index contributed by atoms with van der Waals surface area (Å²) in [5.74, 6) is 0.367. The lowest BCUT2D eigenvalue weighted by atomic mass is 10.1. The maximum atomic E-state index is 11.2. The molecule has 0 bridgehead atoms. The van der Waals surface area contributed by atoms with Crippen LogP contribution in [0, 0.1) is 0 Å². The Morgan fingerprint density at radius 3 is 2.42 bits per heavy atom. The molecule has 0 aromatic heterocycles. The van der Waals surface area contributed by atoms with Gasteiger partial charge in [-0.05, 0) is 6.42 Å². The molecule has 70 valence electrons. The van der Waals surface area contributed by atoms with Gasteiger partial charge in [0.05, 0.1) is 0 Å². The molecule has 1 fully saturated rings. The largest absolute Gasteiger partial charge is 0.339 e. The van der Waals surface area contributed by atoms with E-state index in [1.54, 1.807) is 0 Å². The molecule has 0 radical (unpaired) electrons. The van der Waals surface area contributed by atoms with Gasteiger partial charge in [-0.15, -0.1) is 0 Å². The van der Waals surface area contributed by atoms with E-state index in [0.717, 1.165) is 25.9 Å². The Kier molecular flexibility index (Phi) is 4.12. The van der Waals surface area contributed by atoms with Gasteiger partial charge < -0.3 is 4.90 Å². The third kappa shape index (κ3) is 3.74. The normalized spacial score (nSPS) is 14.9. The van der Waals surface area contributed by atoms with E-state index >= 15 is 0 Å². The van der Waals surface area contributed by atoms with Gasteiger partial charge in [-0.2, -0.15) is 0 Å². The zero-order valence-corrected chi connectivity index (χ0v) is 8.01. The van der Waals surface area contributed by atoms with Gasteiger partial charge in [0.15, 0.2) is 0 Å². The fourth-order valence-corrected chi connectivity index (χ4v) is 1.34. The van der Waals surface area contributed by atoms with Gasteiger partial charge in [0.2, 0.25) is 5.91 Å². The van der Waals surface area contributed by atoms with E-state index in [0.29, 0.717) is 5.91 Å². The molecule has 0 unspecified atom stereocenters. The summed E-state index contributed by atoms with van der Waals surface area (Å²) < 4.78 is 0. The van der Waals surface area contributed by atoms with Gasteiger partial charge in [-0.25, -0.2) is 0 Å². The minimum absolute atomic E-state index is 0.367. The number of rotatable bonds is 6. The van der Waals surface area contributed by atoms with Gasteiger partial charge >= 0.3 is 0 Å². The predicted octanol–water partition coefficient (Wildman–Crippen LogP) is 2.19. The van der Waals surface area contributed by atoms with Crippen LogP contribution >= 0.6 is 0 Å². The van der Waals surface area contributed by atoms with Crippen molar-refractivity contribution in [2.24, 2.45) is 0 Å². The lowest BCUT2D eigenvalue weighted by molar-refractivity contribution is -0.125. The van der Waals surface area contributed by atoms with Crippen molar-refractivity contribution in [3.05, 3.63) is 0 Å². The third-order valence-corrected chi connectivity index (χ3v) is 2.29. The molecule has 2 nitrogen and oxygen atoms in total. The molecule has 1 heterocycles. The van der Waals surface area contributed by atoms with Crippen molar-refractivity contribution >= 4 is 5.91 Å². The van der Waals surface area contributed by atoms with Crippen LogP contribution in [-0.2, 0) is 4.79 Å². The van der Waals surface area contributed by atoms with Crippen molar-refractivity contribution in [1.82, 2.24) is 4.90 Å². The molecular weight excluding hydrogens is 150 g/mol. The first-order chi connectivity index (χ1) is 5.84. The van der Waals surface area contributed by atoms with Crippen molar-refractivity contribution in [2.45, 2.75) is 45.4 Å². The molecule has 0 N–H and O–H groups in total. The SMILES string of the molecule is CCCCCCCC(=O)N1CC1. The summed E-state index contributed by atoms with van der Waals surface area (Å²) in [6, 6.07) is 0. The second kappa shape index (κ2) is 5.18. The molecule has 2 heteroatoms. The van der Waals surface area contributed by atoms with E-state index in [-0.39, 0.29) is 0 Å². The number of hydrogen-bond acceptors (Lipinski definition) is 1. The van der Waals surface area contributed by atoms with Crippen molar-refractivity contribution < 1.29 is 4.79 Å². The third-order valence-electron chi connectivity index (χ3n) is 2.29. The Morgan fingerprint density at radius 1 is 1.17 bits per heavy atom. The van der Waals surface area contributed by atoms with Crippen LogP contribution in [0.4, 0.5) is 0 Å². The van der Waals surface area contributed by atoms with E-state index in [1.807, 2.05) is 4.90 Å². The van der Waals surface area contributed by atoms with Crippen molar-refractivity contribution in [3.63, 3.8) is 0 Å². The van der Waals surface area contributed by atoms with Crippen molar-refractivity contribution in [2.75, 3.05) is 13.1 Å². The lowest BCUT2D eigenvalue weighted by Crippen LogP contribution is -2.09. The Balaban J connectivity index is 1.84. The summed E-state index contributed by atoms with van der Waals surface area (Å²) in [5, 5.41) is 0. The highest BCUT2D eigenvalue weighted by Gasteiger charge is 2.22. The summed E-state index contributed by atoms with van der Waals surface area (Å²) in [6.45, 7) is 4.22. The van der Waals surface area contributed by atoms with E-state index in [1.165, 1.54) is 25.7 Å². The molecule has 1 aliphatic heterocycles. The van der Waals surface area contributed by atoms with Crippen LogP contribution in [0.1, 0.15) is 45.4 Å². The van der Waals surface area contributed by atoms with E-state index in [9.17, 15) is 4.79 Å². The molecule has 1 aliphatic rings. The standard InChI is InChI=1S/C10H19NO/c1-2-3-4-5-6-7-10(12)11-8-9-11/h2-9H2,1H3. The Morgan fingerprint density at radius 2 is 1.83 bits per heavy atom. The first-order valence-electron chi connectivity index (χ1n) is 5.12. The van der Waals surface area contributed by atoms with E-state index in [4.69, 9.17) is 0 Å². The van der Waals surface area contributed by atoms with Gasteiger partial charge in [-0.1, -0.05) is 32.6 Å². The number of amides is 1. The monoisotopic (exact) mass is 169 g/mol. The minimum atomic E-state index is 0.367. The Hall–Kier alpha value is -0.530. The zero-order chi connectivity index (χ0) is 8.81. The van der Waals surface area contributed by atoms with Crippen LogP contribution in [0.3, 0.4) is 0 Å². The summed E-state index contributed by atoms with van der Waals surface area (Å²) in [4.78, 5) is 13.1. The van der Waals surface area contributed by atoms with Crippen LogP contribution in [-0.4, -0.2) is 23.9 Å². The van der Waals surface area contributed by atoms with E-state index in [2.05, 4.69) is 6.92 Å². The molecule has 1 saturated heterocycles. The number of nitrogens with zero attached hydrogens (tertiary/aromatic N) is 1. The van der Waals surface area contributed by atoms with Crippen LogP contribution in [0.25, 0.3) is 0 Å². The van der Waals surface area contributed by atoms with Crippen molar-refractivity contribution in [1.29, 1.82) is 0 Å². The molecular formula is C10H19NO. The first-order valence-corrected chi connectivity index (χ1v) is 5.12. The second-order valence-electron chi connectivity index (χ2n) is 3.55. The number of carbonyl (C=O) groups excluding carboxylic acids is 1. The first kappa shape index (κ1) is 9.56. The summed E-state index contributed by atoms with van der Waals surface area (Å²) in [6.07, 6.45) is 6.99. The highest BCUT2D eigenvalue weighted by Crippen LogP contribution is 2.10. The highest BCUT2D eigenvalue weighted by atomic mass is 16.2. The van der Waals surface area contributed by atoms with Crippen molar-refractivity contribution in [3.8, 4) is 0 Å². The number of hydrogen-bond donors (Lipinski definition) is 0. The molecule has 1 rings (SSSR count). The second-order valence-corrected chi connectivity index (χ2v) is 3.55. The van der Waals surface area contributed by atoms with Gasteiger partial charge in [-0.3, -0.25) is 4.79 Å². The maximum Gasteiger partial charge on any atom is 0.222 e. The summed E-state index contributed by atoms with van der Waals surface area (Å²) >= 11 is 0. The molecule has 0 saturated carbocycles. The Labute approximate surface area is 74.9 Å². The highest BCUT2D eigenvalue weighted by molar-refractivity contribution is 5.78. The van der Waals surface area contributed by atoms with Gasteiger partial charge in [0, 0.05) is 19.5 Å². The minimum Gasteiger partial charge on any atom is -0.339 e. The fourth-order valence-electron chi connectivity index (χ4n) is 1.34. The lowest BCUT2D eigenvalue weighted by Gasteiger charge is -2.00. The van der Waals surface area contributed by atoms with Crippen LogP contribution in [0.2, 0.25) is 0 Å². The predicted molar refractivity (Wildman–Crippen MR) is 50.0 cm³/mol. The van der Waals surface area contributed by atoms with Gasteiger partial charge in [0.25, 0.3) is 0 Å².